The lowest BCUT2D eigenvalue weighted by atomic mass is 9.99. The van der Waals surface area contributed by atoms with Crippen molar-refractivity contribution in [1.82, 2.24) is 0 Å². The maximum atomic E-state index is 14.1. The van der Waals surface area contributed by atoms with Gasteiger partial charge in [0, 0.05) is 22.1 Å². The fraction of sp³-hybridized carbons (Fsp3) is 0.286. The standard InChI is InChI=1S/C21H19ClFNO3/c1-11-12(2)21(25)27-20-13(3)19-14(7-15(11)20)8-24(10-26-19)9-16-17(22)5-4-6-18(16)23/h4-7H,8-10H2,1-3H3/p+1. The molecule has 1 unspecified atom stereocenters. The molecule has 0 spiro atoms. The lowest BCUT2D eigenvalue weighted by molar-refractivity contribution is -0.945. The zero-order valence-electron chi connectivity index (χ0n) is 15.4. The quantitative estimate of drug-likeness (QED) is 0.684. The van der Waals surface area contributed by atoms with Gasteiger partial charge in [-0.2, -0.15) is 0 Å². The summed E-state index contributed by atoms with van der Waals surface area (Å²) in [5.74, 6) is 0.445. The Hall–Kier alpha value is -2.37. The van der Waals surface area contributed by atoms with E-state index in [0.717, 1.165) is 32.7 Å². The van der Waals surface area contributed by atoms with Gasteiger partial charge in [-0.05, 0) is 44.5 Å². The molecule has 4 nitrogen and oxygen atoms in total. The molecule has 0 radical (unpaired) electrons. The van der Waals surface area contributed by atoms with Crippen LogP contribution >= 0.6 is 11.6 Å². The Labute approximate surface area is 161 Å². The van der Waals surface area contributed by atoms with Gasteiger partial charge in [0.25, 0.3) is 0 Å². The van der Waals surface area contributed by atoms with E-state index in [2.05, 4.69) is 0 Å². The number of benzene rings is 2. The van der Waals surface area contributed by atoms with Crippen molar-refractivity contribution in [2.75, 3.05) is 6.73 Å². The first kappa shape index (κ1) is 18.0. The highest BCUT2D eigenvalue weighted by molar-refractivity contribution is 6.31. The molecule has 1 atom stereocenters. The minimum Gasteiger partial charge on any atom is -0.444 e. The van der Waals surface area contributed by atoms with E-state index in [1.54, 1.807) is 19.1 Å². The number of rotatable bonds is 2. The number of quaternary nitrogens is 1. The molecule has 3 aromatic rings. The SMILES string of the molecule is Cc1c(C)c2cc3c(c(C)c2oc1=O)OC[NH+](Cc1c(F)cccc1Cl)C3. The number of fused-ring (bicyclic) bond motifs is 2. The van der Waals surface area contributed by atoms with E-state index in [0.29, 0.717) is 41.6 Å². The molecule has 0 amide bonds. The molecule has 4 rings (SSSR count). The van der Waals surface area contributed by atoms with E-state index in [1.165, 1.54) is 6.07 Å². The highest BCUT2D eigenvalue weighted by Crippen LogP contribution is 2.34. The van der Waals surface area contributed by atoms with Crippen LogP contribution in [0.25, 0.3) is 11.0 Å². The Bertz CT molecular complexity index is 1100. The zero-order chi connectivity index (χ0) is 19.3. The van der Waals surface area contributed by atoms with Crippen LogP contribution in [0.2, 0.25) is 5.02 Å². The van der Waals surface area contributed by atoms with E-state index in [-0.39, 0.29) is 11.4 Å². The van der Waals surface area contributed by atoms with Gasteiger partial charge in [0.1, 0.15) is 30.2 Å². The lowest BCUT2D eigenvalue weighted by Crippen LogP contribution is -3.11. The summed E-state index contributed by atoms with van der Waals surface area (Å²) in [6.45, 7) is 7.09. The van der Waals surface area contributed by atoms with Gasteiger partial charge in [0.15, 0.2) is 0 Å². The molecular weight excluding hydrogens is 369 g/mol. The second-order valence-electron chi connectivity index (χ2n) is 7.10. The minimum absolute atomic E-state index is 0.302. The third-order valence-corrected chi connectivity index (χ3v) is 5.71. The second kappa shape index (κ2) is 6.66. The number of hydrogen-bond acceptors (Lipinski definition) is 3. The van der Waals surface area contributed by atoms with E-state index in [1.807, 2.05) is 19.9 Å². The highest BCUT2D eigenvalue weighted by atomic mass is 35.5. The number of aryl methyl sites for hydroxylation is 2. The molecule has 2 heterocycles. The van der Waals surface area contributed by atoms with Crippen LogP contribution < -0.4 is 15.3 Å². The molecule has 140 valence electrons. The van der Waals surface area contributed by atoms with Crippen molar-refractivity contribution >= 4 is 22.6 Å². The van der Waals surface area contributed by atoms with Crippen molar-refractivity contribution in [3.05, 3.63) is 73.3 Å². The Morgan fingerprint density at radius 1 is 1.19 bits per heavy atom. The zero-order valence-corrected chi connectivity index (χ0v) is 16.2. The van der Waals surface area contributed by atoms with Crippen molar-refractivity contribution < 1.29 is 18.4 Å². The van der Waals surface area contributed by atoms with Gasteiger partial charge < -0.3 is 9.15 Å². The fourth-order valence-electron chi connectivity index (χ4n) is 3.68. The van der Waals surface area contributed by atoms with Crippen molar-refractivity contribution in [3.63, 3.8) is 0 Å². The lowest BCUT2D eigenvalue weighted by Gasteiger charge is -2.28. The van der Waals surface area contributed by atoms with Gasteiger partial charge in [-0.25, -0.2) is 9.18 Å². The minimum atomic E-state index is -0.319. The molecule has 2 aromatic carbocycles. The third-order valence-electron chi connectivity index (χ3n) is 5.35. The summed E-state index contributed by atoms with van der Waals surface area (Å²) in [6, 6.07) is 6.74. The van der Waals surface area contributed by atoms with E-state index in [9.17, 15) is 9.18 Å². The summed E-state index contributed by atoms with van der Waals surface area (Å²) in [6.07, 6.45) is 0. The van der Waals surface area contributed by atoms with Gasteiger partial charge >= 0.3 is 5.63 Å². The maximum absolute atomic E-state index is 14.1. The van der Waals surface area contributed by atoms with Gasteiger partial charge in [0.05, 0.1) is 10.6 Å². The summed E-state index contributed by atoms with van der Waals surface area (Å²) in [5.41, 5.74) is 4.12. The van der Waals surface area contributed by atoms with Crippen LogP contribution in [-0.2, 0) is 13.1 Å². The van der Waals surface area contributed by atoms with Crippen LogP contribution in [0, 0.1) is 26.6 Å². The first-order valence-electron chi connectivity index (χ1n) is 8.82. The van der Waals surface area contributed by atoms with E-state index >= 15 is 0 Å². The molecule has 0 aliphatic carbocycles. The predicted octanol–water partition coefficient (Wildman–Crippen LogP) is 3.45. The summed E-state index contributed by atoms with van der Waals surface area (Å²) < 4.78 is 25.6. The first-order chi connectivity index (χ1) is 12.9. The van der Waals surface area contributed by atoms with Crippen molar-refractivity contribution in [2.45, 2.75) is 33.9 Å². The number of nitrogens with one attached hydrogen (secondary N) is 1. The first-order valence-corrected chi connectivity index (χ1v) is 9.20. The van der Waals surface area contributed by atoms with Crippen LogP contribution in [0.15, 0.2) is 33.5 Å². The smallest absolute Gasteiger partial charge is 0.339 e. The largest absolute Gasteiger partial charge is 0.444 e. The maximum Gasteiger partial charge on any atom is 0.339 e. The van der Waals surface area contributed by atoms with Crippen LogP contribution in [0.3, 0.4) is 0 Å². The summed E-state index contributed by atoms with van der Waals surface area (Å²) in [5, 5.41) is 1.34. The van der Waals surface area contributed by atoms with Gasteiger partial charge in [-0.15, -0.1) is 0 Å². The van der Waals surface area contributed by atoms with Crippen molar-refractivity contribution in [1.29, 1.82) is 0 Å². The van der Waals surface area contributed by atoms with Crippen molar-refractivity contribution in [2.24, 2.45) is 0 Å². The summed E-state index contributed by atoms with van der Waals surface area (Å²) >= 11 is 6.17. The van der Waals surface area contributed by atoms with Gasteiger partial charge in [0.2, 0.25) is 6.73 Å². The molecule has 0 saturated carbocycles. The number of halogens is 2. The molecule has 1 N–H and O–H groups in total. The summed E-state index contributed by atoms with van der Waals surface area (Å²) in [7, 11) is 0. The second-order valence-corrected chi connectivity index (χ2v) is 7.51. The number of hydrogen-bond donors (Lipinski definition) is 1. The topological polar surface area (TPSA) is 43.9 Å². The predicted molar refractivity (Wildman–Crippen MR) is 102 cm³/mol. The van der Waals surface area contributed by atoms with Crippen molar-refractivity contribution in [3.8, 4) is 5.75 Å². The average Bonchev–Trinajstić information content (AvgIpc) is 2.64. The highest BCUT2D eigenvalue weighted by Gasteiger charge is 2.26. The molecule has 0 saturated heterocycles. The molecule has 6 heteroatoms. The van der Waals surface area contributed by atoms with Crippen LogP contribution in [0.4, 0.5) is 4.39 Å². The Kier molecular flexibility index (Phi) is 4.44. The molecule has 0 fully saturated rings. The molecule has 1 aromatic heterocycles. The van der Waals surface area contributed by atoms with Gasteiger partial charge in [-0.3, -0.25) is 4.90 Å². The van der Waals surface area contributed by atoms with E-state index in [4.69, 9.17) is 20.8 Å². The summed E-state index contributed by atoms with van der Waals surface area (Å²) in [4.78, 5) is 13.1. The average molecular weight is 389 g/mol. The Morgan fingerprint density at radius 3 is 2.70 bits per heavy atom. The Balaban J connectivity index is 1.74. The number of ether oxygens (including phenoxy) is 1. The third kappa shape index (κ3) is 3.01. The Morgan fingerprint density at radius 2 is 1.96 bits per heavy atom. The molecule has 1 aliphatic heterocycles. The molecule has 27 heavy (non-hydrogen) atoms. The normalized spacial score (nSPS) is 16.3. The molecule has 0 bridgehead atoms. The van der Waals surface area contributed by atoms with Gasteiger partial charge in [-0.1, -0.05) is 17.7 Å². The fourth-order valence-corrected chi connectivity index (χ4v) is 3.91. The molecular formula is C21H20ClFNO3+. The van der Waals surface area contributed by atoms with Crippen LogP contribution in [0.1, 0.15) is 27.8 Å². The van der Waals surface area contributed by atoms with E-state index < -0.39 is 0 Å². The van der Waals surface area contributed by atoms with Crippen LogP contribution in [-0.4, -0.2) is 6.73 Å². The van der Waals surface area contributed by atoms with Crippen LogP contribution in [0.5, 0.6) is 5.75 Å². The monoisotopic (exact) mass is 388 g/mol. The molecule has 1 aliphatic rings.